The van der Waals surface area contributed by atoms with Crippen LogP contribution in [0.1, 0.15) is 0 Å². The van der Waals surface area contributed by atoms with Crippen LogP contribution in [0, 0.1) is 0 Å². The highest BCUT2D eigenvalue weighted by molar-refractivity contribution is 9.10. The van der Waals surface area contributed by atoms with Gasteiger partial charge in [-0.15, -0.1) is 0 Å². The first-order valence-corrected chi connectivity index (χ1v) is 10.2. The van der Waals surface area contributed by atoms with E-state index in [1.54, 1.807) is 48.8 Å². The lowest BCUT2D eigenvalue weighted by atomic mass is 10.3. The molecule has 1 N–H and O–H groups in total. The van der Waals surface area contributed by atoms with Gasteiger partial charge in [0.2, 0.25) is 0 Å². The Hall–Kier alpha value is -2.36. The van der Waals surface area contributed by atoms with Crippen LogP contribution in [0.5, 0.6) is 17.5 Å². The highest BCUT2D eigenvalue weighted by Gasteiger charge is 2.22. The molecule has 0 saturated carbocycles. The number of benzene rings is 2. The number of sulfonamides is 1. The van der Waals surface area contributed by atoms with Crippen molar-refractivity contribution in [1.29, 1.82) is 0 Å². The third kappa shape index (κ3) is 4.68. The van der Waals surface area contributed by atoms with Crippen molar-refractivity contribution in [3.8, 4) is 17.5 Å². The van der Waals surface area contributed by atoms with E-state index in [9.17, 15) is 8.42 Å². The molecule has 140 valence electrons. The first kappa shape index (κ1) is 19.4. The minimum Gasteiger partial charge on any atom is -0.494 e. The molecule has 0 spiro atoms. The molecule has 0 fully saturated rings. The summed E-state index contributed by atoms with van der Waals surface area (Å²) in [7, 11) is -2.55. The molecule has 1 aromatic heterocycles. The number of aromatic nitrogens is 2. The maximum Gasteiger partial charge on any atom is 0.321 e. The van der Waals surface area contributed by atoms with Gasteiger partial charge in [0.15, 0.2) is 5.75 Å². The predicted molar refractivity (Wildman–Crippen MR) is 105 cm³/mol. The van der Waals surface area contributed by atoms with Crippen LogP contribution < -0.4 is 14.2 Å². The van der Waals surface area contributed by atoms with E-state index >= 15 is 0 Å². The number of anilines is 1. The zero-order chi connectivity index (χ0) is 19.4. The molecule has 3 rings (SSSR count). The monoisotopic (exact) mass is 469 g/mol. The van der Waals surface area contributed by atoms with Gasteiger partial charge in [-0.2, -0.15) is 0 Å². The largest absolute Gasteiger partial charge is 0.494 e. The predicted octanol–water partition coefficient (Wildman–Crippen LogP) is 4.49. The first-order chi connectivity index (χ1) is 12.9. The molecule has 0 aliphatic carbocycles. The molecule has 0 radical (unpaired) electrons. The Morgan fingerprint density at radius 3 is 2.41 bits per heavy atom. The second-order valence-corrected chi connectivity index (χ2v) is 8.12. The molecular formula is C17H13BrClN3O4S. The Balaban J connectivity index is 1.82. The van der Waals surface area contributed by atoms with Gasteiger partial charge in [0, 0.05) is 23.1 Å². The molecule has 3 aromatic rings. The van der Waals surface area contributed by atoms with Crippen LogP contribution in [0.15, 0.2) is 64.2 Å². The van der Waals surface area contributed by atoms with Crippen molar-refractivity contribution < 1.29 is 17.9 Å². The summed E-state index contributed by atoms with van der Waals surface area (Å²) >= 11 is 9.23. The van der Waals surface area contributed by atoms with Crippen molar-refractivity contribution in [2.45, 2.75) is 4.90 Å². The summed E-state index contributed by atoms with van der Waals surface area (Å²) in [4.78, 5) is 7.83. The fourth-order valence-corrected chi connectivity index (χ4v) is 4.62. The van der Waals surface area contributed by atoms with Crippen LogP contribution in [0.3, 0.4) is 0 Å². The van der Waals surface area contributed by atoms with Gasteiger partial charge in [-0.1, -0.05) is 11.6 Å². The van der Waals surface area contributed by atoms with Crippen LogP contribution in [0.25, 0.3) is 0 Å². The summed E-state index contributed by atoms with van der Waals surface area (Å²) in [6.45, 7) is 0. The summed E-state index contributed by atoms with van der Waals surface area (Å²) in [6.07, 6.45) is 3.11. The number of ether oxygens (including phenoxy) is 2. The zero-order valence-corrected chi connectivity index (χ0v) is 17.0. The summed E-state index contributed by atoms with van der Waals surface area (Å²) in [5.41, 5.74) is 0.342. The normalized spacial score (nSPS) is 11.1. The lowest BCUT2D eigenvalue weighted by molar-refractivity contribution is 0.400. The van der Waals surface area contributed by atoms with Crippen molar-refractivity contribution in [3.05, 3.63) is 64.4 Å². The number of nitrogens with one attached hydrogen (secondary N) is 1. The van der Waals surface area contributed by atoms with Crippen LogP contribution in [0.4, 0.5) is 5.69 Å². The van der Waals surface area contributed by atoms with Crippen LogP contribution in [-0.2, 0) is 10.0 Å². The van der Waals surface area contributed by atoms with E-state index in [0.717, 1.165) is 0 Å². The second-order valence-electron chi connectivity index (χ2n) is 5.18. The third-order valence-corrected chi connectivity index (χ3v) is 5.52. The molecule has 0 aliphatic rings. The Bertz CT molecular complexity index is 1050. The molecule has 0 bridgehead atoms. The van der Waals surface area contributed by atoms with Gasteiger partial charge in [-0.3, -0.25) is 4.72 Å². The summed E-state index contributed by atoms with van der Waals surface area (Å²) < 4.78 is 39.1. The number of hydrogen-bond donors (Lipinski definition) is 1. The summed E-state index contributed by atoms with van der Waals surface area (Å²) in [5.74, 6) is 0.625. The van der Waals surface area contributed by atoms with Crippen LogP contribution in [-0.4, -0.2) is 25.5 Å². The minimum atomic E-state index is -3.93. The molecule has 0 atom stereocenters. The number of nitrogens with zero attached hydrogens (tertiary/aromatic N) is 2. The summed E-state index contributed by atoms with van der Waals surface area (Å²) in [6, 6.07) is 11.0. The SMILES string of the molecule is COc1c(Br)cc(Cl)cc1S(=O)(=O)Nc1ccc(Oc2ncccn2)cc1. The Labute approximate surface area is 169 Å². The van der Waals surface area contributed by atoms with E-state index in [1.165, 1.54) is 13.2 Å². The standard InChI is InChI=1S/C17H13BrClN3O4S/c1-25-16-14(18)9-11(19)10-15(16)27(23,24)22-12-3-5-13(6-4-12)26-17-20-7-2-8-21-17/h2-10,22H,1H3. The number of hydrogen-bond acceptors (Lipinski definition) is 6. The number of halogens is 2. The highest BCUT2D eigenvalue weighted by atomic mass is 79.9. The van der Waals surface area contributed by atoms with Gasteiger partial charge in [-0.05, 0) is 58.4 Å². The van der Waals surface area contributed by atoms with E-state index in [1.807, 2.05) is 0 Å². The molecule has 0 saturated heterocycles. The molecule has 1 heterocycles. The zero-order valence-electron chi connectivity index (χ0n) is 13.9. The van der Waals surface area contributed by atoms with Crippen molar-refractivity contribution >= 4 is 43.2 Å². The molecule has 7 nitrogen and oxygen atoms in total. The Morgan fingerprint density at radius 2 is 1.78 bits per heavy atom. The highest BCUT2D eigenvalue weighted by Crippen LogP contribution is 2.36. The topological polar surface area (TPSA) is 90.4 Å². The minimum absolute atomic E-state index is 0.0811. The smallest absolute Gasteiger partial charge is 0.321 e. The molecule has 0 aliphatic heterocycles. The lowest BCUT2D eigenvalue weighted by Crippen LogP contribution is -2.14. The fraction of sp³-hybridized carbons (Fsp3) is 0.0588. The fourth-order valence-electron chi connectivity index (χ4n) is 2.18. The van der Waals surface area contributed by atoms with Crippen molar-refractivity contribution in [3.63, 3.8) is 0 Å². The van der Waals surface area contributed by atoms with Gasteiger partial charge >= 0.3 is 6.01 Å². The Kier molecular flexibility index (Phi) is 5.83. The Morgan fingerprint density at radius 1 is 1.11 bits per heavy atom. The van der Waals surface area contributed by atoms with Gasteiger partial charge in [-0.25, -0.2) is 18.4 Å². The average molecular weight is 471 g/mol. The molecule has 2 aromatic carbocycles. The maximum absolute atomic E-state index is 12.7. The van der Waals surface area contributed by atoms with Gasteiger partial charge in [0.05, 0.1) is 11.6 Å². The van der Waals surface area contributed by atoms with Crippen molar-refractivity contribution in [2.75, 3.05) is 11.8 Å². The van der Waals surface area contributed by atoms with E-state index in [2.05, 4.69) is 30.6 Å². The van der Waals surface area contributed by atoms with Crippen LogP contribution in [0.2, 0.25) is 5.02 Å². The van der Waals surface area contributed by atoms with Gasteiger partial charge in [0.1, 0.15) is 10.6 Å². The second kappa shape index (κ2) is 8.12. The van der Waals surface area contributed by atoms with E-state index in [0.29, 0.717) is 15.9 Å². The van der Waals surface area contributed by atoms with Gasteiger partial charge in [0.25, 0.3) is 10.0 Å². The molecule has 0 amide bonds. The van der Waals surface area contributed by atoms with E-state index < -0.39 is 10.0 Å². The average Bonchev–Trinajstić information content (AvgIpc) is 2.63. The van der Waals surface area contributed by atoms with Crippen LogP contribution >= 0.6 is 27.5 Å². The summed E-state index contributed by atoms with van der Waals surface area (Å²) in [5, 5.41) is 0.259. The van der Waals surface area contributed by atoms with E-state index in [4.69, 9.17) is 21.1 Å². The molecular weight excluding hydrogens is 458 g/mol. The lowest BCUT2D eigenvalue weighted by Gasteiger charge is -2.13. The molecule has 27 heavy (non-hydrogen) atoms. The quantitative estimate of drug-likeness (QED) is 0.571. The molecule has 10 heteroatoms. The number of methoxy groups -OCH3 is 1. The molecule has 0 unspecified atom stereocenters. The van der Waals surface area contributed by atoms with E-state index in [-0.39, 0.29) is 21.7 Å². The maximum atomic E-state index is 12.7. The van der Waals surface area contributed by atoms with Crippen molar-refractivity contribution in [2.24, 2.45) is 0 Å². The van der Waals surface area contributed by atoms with Crippen molar-refractivity contribution in [1.82, 2.24) is 9.97 Å². The number of rotatable bonds is 6. The van der Waals surface area contributed by atoms with Gasteiger partial charge < -0.3 is 9.47 Å². The first-order valence-electron chi connectivity index (χ1n) is 7.50. The third-order valence-electron chi connectivity index (χ3n) is 3.33.